The number of H-pyrrole nitrogens is 1. The lowest BCUT2D eigenvalue weighted by molar-refractivity contribution is 0.136. The van der Waals surface area contributed by atoms with E-state index in [0.29, 0.717) is 5.56 Å². The summed E-state index contributed by atoms with van der Waals surface area (Å²) in [5.41, 5.74) is 0.695. The molecule has 0 bridgehead atoms. The SMILES string of the molecule is CCn1cc(/C=N\n2c(C(F)F)n[nH]c2=S)cn1. The Bertz CT molecular complexity index is 611. The molecule has 0 saturated carbocycles. The minimum atomic E-state index is -2.74. The molecule has 0 saturated heterocycles. The highest BCUT2D eigenvalue weighted by atomic mass is 32.1. The number of hydrogen-bond donors (Lipinski definition) is 1. The zero-order valence-corrected chi connectivity index (χ0v) is 10.2. The molecule has 0 fully saturated rings. The Kier molecular flexibility index (Phi) is 3.60. The van der Waals surface area contributed by atoms with Gasteiger partial charge in [0, 0.05) is 18.3 Å². The van der Waals surface area contributed by atoms with Crippen molar-refractivity contribution in [3.63, 3.8) is 0 Å². The molecule has 0 unspecified atom stereocenters. The average Bonchev–Trinajstić information content (AvgIpc) is 2.93. The second-order valence-electron chi connectivity index (χ2n) is 3.37. The Balaban J connectivity index is 2.28. The third kappa shape index (κ3) is 2.50. The minimum absolute atomic E-state index is 0.0180. The van der Waals surface area contributed by atoms with E-state index < -0.39 is 12.2 Å². The van der Waals surface area contributed by atoms with Gasteiger partial charge >= 0.3 is 0 Å². The number of hydrogen-bond acceptors (Lipinski definition) is 4. The van der Waals surface area contributed by atoms with Crippen molar-refractivity contribution < 1.29 is 8.78 Å². The Morgan fingerprint density at radius 1 is 1.61 bits per heavy atom. The van der Waals surface area contributed by atoms with Crippen LogP contribution in [0.4, 0.5) is 8.78 Å². The molecule has 2 rings (SSSR count). The molecular weight excluding hydrogens is 262 g/mol. The molecule has 2 aromatic heterocycles. The molecule has 2 aromatic rings. The third-order valence-corrected chi connectivity index (χ3v) is 2.43. The maximum atomic E-state index is 12.6. The van der Waals surface area contributed by atoms with E-state index in [2.05, 4.69) is 20.4 Å². The van der Waals surface area contributed by atoms with E-state index >= 15 is 0 Å². The monoisotopic (exact) mass is 272 g/mol. The fourth-order valence-corrected chi connectivity index (χ4v) is 1.49. The molecule has 0 aromatic carbocycles. The summed E-state index contributed by atoms with van der Waals surface area (Å²) in [5.74, 6) is -0.515. The van der Waals surface area contributed by atoms with Crippen molar-refractivity contribution in [3.8, 4) is 0 Å². The van der Waals surface area contributed by atoms with Crippen LogP contribution in [0.2, 0.25) is 0 Å². The van der Waals surface area contributed by atoms with Crippen molar-refractivity contribution >= 4 is 18.4 Å². The fourth-order valence-electron chi connectivity index (χ4n) is 1.30. The van der Waals surface area contributed by atoms with Crippen LogP contribution in [-0.4, -0.2) is 30.9 Å². The summed E-state index contributed by atoms with van der Waals surface area (Å²) in [5, 5.41) is 13.6. The van der Waals surface area contributed by atoms with Gasteiger partial charge in [0.1, 0.15) is 0 Å². The van der Waals surface area contributed by atoms with Crippen LogP contribution in [0.25, 0.3) is 0 Å². The van der Waals surface area contributed by atoms with Crippen molar-refractivity contribution in [2.75, 3.05) is 0 Å². The van der Waals surface area contributed by atoms with Gasteiger partial charge in [-0.05, 0) is 19.1 Å². The fraction of sp³-hybridized carbons (Fsp3) is 0.333. The number of halogens is 2. The van der Waals surface area contributed by atoms with Gasteiger partial charge < -0.3 is 0 Å². The Labute approximate surface area is 106 Å². The highest BCUT2D eigenvalue weighted by molar-refractivity contribution is 7.71. The quantitative estimate of drug-likeness (QED) is 0.683. The first-order chi connectivity index (χ1) is 8.61. The average molecular weight is 272 g/mol. The van der Waals surface area contributed by atoms with Crippen LogP contribution in [-0.2, 0) is 6.54 Å². The smallest absolute Gasteiger partial charge is 0.272 e. The van der Waals surface area contributed by atoms with Crippen LogP contribution in [0.15, 0.2) is 17.5 Å². The van der Waals surface area contributed by atoms with Gasteiger partial charge in [0.15, 0.2) is 0 Å². The molecule has 96 valence electrons. The molecule has 0 aliphatic rings. The predicted octanol–water partition coefficient (Wildman–Crippen LogP) is 1.98. The standard InChI is InChI=1S/C9H10F2N6S/c1-2-16-5-6(3-12-16)4-13-17-8(7(10)11)14-15-9(17)18/h3-5,7H,2H2,1H3,(H,15,18)/b13-4-. The summed E-state index contributed by atoms with van der Waals surface area (Å²) in [7, 11) is 0. The number of aryl methyl sites for hydroxylation is 1. The van der Waals surface area contributed by atoms with Gasteiger partial charge in [0.25, 0.3) is 6.43 Å². The predicted molar refractivity (Wildman–Crippen MR) is 63.3 cm³/mol. The summed E-state index contributed by atoms with van der Waals surface area (Å²) < 4.78 is 27.8. The van der Waals surface area contributed by atoms with Crippen molar-refractivity contribution in [1.29, 1.82) is 0 Å². The molecule has 18 heavy (non-hydrogen) atoms. The topological polar surface area (TPSA) is 63.8 Å². The second-order valence-corrected chi connectivity index (χ2v) is 3.76. The summed E-state index contributed by atoms with van der Waals surface area (Å²) in [4.78, 5) is 0. The van der Waals surface area contributed by atoms with Crippen LogP contribution in [0.5, 0.6) is 0 Å². The molecule has 0 atom stereocenters. The molecule has 0 radical (unpaired) electrons. The third-order valence-electron chi connectivity index (χ3n) is 2.17. The van der Waals surface area contributed by atoms with E-state index in [1.54, 1.807) is 17.1 Å². The summed E-state index contributed by atoms with van der Waals surface area (Å²) in [6.45, 7) is 2.66. The van der Waals surface area contributed by atoms with E-state index in [9.17, 15) is 8.78 Å². The summed E-state index contributed by atoms with van der Waals surface area (Å²) >= 11 is 4.81. The summed E-state index contributed by atoms with van der Waals surface area (Å²) in [6.07, 6.45) is 1.98. The van der Waals surface area contributed by atoms with Crippen molar-refractivity contribution in [2.24, 2.45) is 5.10 Å². The van der Waals surface area contributed by atoms with Gasteiger partial charge in [-0.15, -0.1) is 0 Å². The largest absolute Gasteiger partial charge is 0.299 e. The van der Waals surface area contributed by atoms with Gasteiger partial charge in [-0.3, -0.25) is 4.68 Å². The molecule has 9 heteroatoms. The number of aromatic nitrogens is 5. The molecule has 6 nitrogen and oxygen atoms in total. The Hall–Kier alpha value is -1.90. The molecular formula is C9H10F2N6S. The molecule has 0 aliphatic carbocycles. The number of rotatable bonds is 4. The molecule has 0 amide bonds. The van der Waals surface area contributed by atoms with Crippen LogP contribution in [0, 0.1) is 4.77 Å². The van der Waals surface area contributed by atoms with Crippen LogP contribution < -0.4 is 0 Å². The molecule has 1 N–H and O–H groups in total. The van der Waals surface area contributed by atoms with Gasteiger partial charge in [-0.2, -0.15) is 20.0 Å². The van der Waals surface area contributed by atoms with Crippen LogP contribution in [0.1, 0.15) is 24.7 Å². The highest BCUT2D eigenvalue weighted by Crippen LogP contribution is 2.15. The van der Waals surface area contributed by atoms with Crippen LogP contribution in [0.3, 0.4) is 0 Å². The lowest BCUT2D eigenvalue weighted by Gasteiger charge is -1.97. The maximum absolute atomic E-state index is 12.6. The number of aromatic amines is 1. The number of alkyl halides is 2. The molecule has 0 aliphatic heterocycles. The van der Waals surface area contributed by atoms with Crippen molar-refractivity contribution in [2.45, 2.75) is 19.9 Å². The highest BCUT2D eigenvalue weighted by Gasteiger charge is 2.15. The Morgan fingerprint density at radius 3 is 3.00 bits per heavy atom. The van der Waals surface area contributed by atoms with E-state index in [1.807, 2.05) is 6.92 Å². The van der Waals surface area contributed by atoms with E-state index in [4.69, 9.17) is 12.2 Å². The normalized spacial score (nSPS) is 11.8. The summed E-state index contributed by atoms with van der Waals surface area (Å²) in [6, 6.07) is 0. The van der Waals surface area contributed by atoms with Crippen molar-refractivity contribution in [1.82, 2.24) is 24.7 Å². The minimum Gasteiger partial charge on any atom is -0.272 e. The van der Waals surface area contributed by atoms with Gasteiger partial charge in [-0.1, -0.05) is 0 Å². The lowest BCUT2D eigenvalue weighted by Crippen LogP contribution is -1.99. The zero-order valence-electron chi connectivity index (χ0n) is 9.42. The van der Waals surface area contributed by atoms with Gasteiger partial charge in [0.05, 0.1) is 12.4 Å². The number of nitrogens with one attached hydrogen (secondary N) is 1. The second kappa shape index (κ2) is 5.17. The number of nitrogens with zero attached hydrogens (tertiary/aromatic N) is 5. The van der Waals surface area contributed by atoms with E-state index in [1.165, 1.54) is 6.21 Å². The van der Waals surface area contributed by atoms with Crippen LogP contribution >= 0.6 is 12.2 Å². The van der Waals surface area contributed by atoms with E-state index in [-0.39, 0.29) is 4.77 Å². The van der Waals surface area contributed by atoms with Gasteiger partial charge in [-0.25, -0.2) is 13.9 Å². The first-order valence-electron chi connectivity index (χ1n) is 5.14. The molecule has 2 heterocycles. The first-order valence-corrected chi connectivity index (χ1v) is 5.55. The lowest BCUT2D eigenvalue weighted by atomic mass is 10.4. The molecule has 0 spiro atoms. The Morgan fingerprint density at radius 2 is 2.39 bits per heavy atom. The van der Waals surface area contributed by atoms with Gasteiger partial charge in [0.2, 0.25) is 10.6 Å². The zero-order chi connectivity index (χ0) is 13.1. The maximum Gasteiger partial charge on any atom is 0.299 e. The van der Waals surface area contributed by atoms with E-state index in [0.717, 1.165) is 11.2 Å². The van der Waals surface area contributed by atoms with Crippen molar-refractivity contribution in [3.05, 3.63) is 28.6 Å². The first kappa shape index (κ1) is 12.6.